The van der Waals surface area contributed by atoms with E-state index in [0.29, 0.717) is 12.8 Å². The quantitative estimate of drug-likeness (QED) is 0.456. The summed E-state index contributed by atoms with van der Waals surface area (Å²) in [5.74, 6) is 0.854. The summed E-state index contributed by atoms with van der Waals surface area (Å²) in [6, 6.07) is 0. The fourth-order valence-electron chi connectivity index (χ4n) is 0.730. The zero-order valence-electron chi connectivity index (χ0n) is 6.84. The molecule has 0 saturated heterocycles. The van der Waals surface area contributed by atoms with E-state index in [1.54, 1.807) is 0 Å². The van der Waals surface area contributed by atoms with Gasteiger partial charge in [0.05, 0.1) is 0 Å². The van der Waals surface area contributed by atoms with Crippen LogP contribution in [0.1, 0.15) is 32.6 Å². The third-order valence-electron chi connectivity index (χ3n) is 1.26. The van der Waals surface area contributed by atoms with E-state index in [9.17, 15) is 9.59 Å². The number of hydrogen-bond acceptors (Lipinski definition) is 3. The van der Waals surface area contributed by atoms with Crippen LogP contribution in [0.4, 0.5) is 0 Å². The van der Waals surface area contributed by atoms with Crippen molar-refractivity contribution in [1.82, 2.24) is 0 Å². The molecule has 0 spiro atoms. The second-order valence-electron chi connectivity index (χ2n) is 2.22. The first-order valence-corrected chi connectivity index (χ1v) is 4.89. The van der Waals surface area contributed by atoms with Gasteiger partial charge < -0.3 is 4.79 Å². The Morgan fingerprint density at radius 3 is 2.73 bits per heavy atom. The molecule has 0 aromatic heterocycles. The first-order chi connectivity index (χ1) is 5.31. The second kappa shape index (κ2) is 7.79. The molecule has 0 atom stereocenters. The average molecular weight is 174 g/mol. The van der Waals surface area contributed by atoms with E-state index in [1.165, 1.54) is 11.8 Å². The molecule has 0 amide bonds. The number of unbranched alkanes of at least 4 members (excludes halogenated alkanes) is 2. The van der Waals surface area contributed by atoms with E-state index in [1.807, 2.05) is 6.92 Å². The van der Waals surface area contributed by atoms with Crippen molar-refractivity contribution in [3.8, 4) is 0 Å². The molecule has 0 N–H and O–H groups in total. The normalized spacial score (nSPS) is 9.55. The summed E-state index contributed by atoms with van der Waals surface area (Å²) in [7, 11) is 0. The van der Waals surface area contributed by atoms with Crippen LogP contribution in [0.3, 0.4) is 0 Å². The average Bonchev–Trinajstić information content (AvgIpc) is 1.99. The Morgan fingerprint density at radius 2 is 2.18 bits per heavy atom. The summed E-state index contributed by atoms with van der Waals surface area (Å²) >= 11 is 1.36. The number of thioether (sulfide) groups is 1. The van der Waals surface area contributed by atoms with Gasteiger partial charge in [0.1, 0.15) is 6.29 Å². The van der Waals surface area contributed by atoms with Crippen molar-refractivity contribution in [3.63, 3.8) is 0 Å². The molecule has 0 rings (SSSR count). The Balaban J connectivity index is 3.10. The summed E-state index contributed by atoms with van der Waals surface area (Å²) in [5.41, 5.74) is 0. The van der Waals surface area contributed by atoms with Gasteiger partial charge in [-0.05, 0) is 18.6 Å². The summed E-state index contributed by atoms with van der Waals surface area (Å²) in [6.45, 7) is 1.97. The van der Waals surface area contributed by atoms with Crippen LogP contribution in [-0.4, -0.2) is 17.2 Å². The van der Waals surface area contributed by atoms with E-state index in [4.69, 9.17) is 0 Å². The molecule has 0 aromatic rings. The van der Waals surface area contributed by atoms with Gasteiger partial charge in [0, 0.05) is 12.8 Å². The molecule has 0 aliphatic heterocycles. The minimum absolute atomic E-state index is 0.249. The van der Waals surface area contributed by atoms with Crippen LogP contribution in [0.2, 0.25) is 0 Å². The van der Waals surface area contributed by atoms with Gasteiger partial charge in [-0.2, -0.15) is 0 Å². The Bertz CT molecular complexity index is 123. The molecular weight excluding hydrogens is 160 g/mol. The Morgan fingerprint density at radius 1 is 1.45 bits per heavy atom. The van der Waals surface area contributed by atoms with Crippen molar-refractivity contribution in [3.05, 3.63) is 0 Å². The van der Waals surface area contributed by atoms with Crippen molar-refractivity contribution in [2.75, 3.05) is 5.75 Å². The number of carbonyl (C=O) groups is 2. The van der Waals surface area contributed by atoms with Gasteiger partial charge in [-0.15, -0.1) is 0 Å². The second-order valence-corrected chi connectivity index (χ2v) is 3.54. The van der Waals surface area contributed by atoms with Crippen LogP contribution in [0.15, 0.2) is 0 Å². The molecule has 0 fully saturated rings. The predicted molar refractivity (Wildman–Crippen MR) is 47.7 cm³/mol. The maximum Gasteiger partial charge on any atom is 0.188 e. The molecule has 0 unspecified atom stereocenters. The van der Waals surface area contributed by atoms with Crippen LogP contribution < -0.4 is 0 Å². The minimum Gasteiger partial charge on any atom is -0.303 e. The summed E-state index contributed by atoms with van der Waals surface area (Å²) in [4.78, 5) is 20.8. The lowest BCUT2D eigenvalue weighted by Gasteiger charge is -1.95. The van der Waals surface area contributed by atoms with E-state index in [2.05, 4.69) is 0 Å². The van der Waals surface area contributed by atoms with E-state index in [-0.39, 0.29) is 5.12 Å². The van der Waals surface area contributed by atoms with Gasteiger partial charge in [-0.1, -0.05) is 18.7 Å². The Kier molecular flexibility index (Phi) is 7.57. The number of carbonyl (C=O) groups excluding carboxylic acids is 2. The van der Waals surface area contributed by atoms with E-state index >= 15 is 0 Å². The topological polar surface area (TPSA) is 34.1 Å². The van der Waals surface area contributed by atoms with E-state index < -0.39 is 0 Å². The zero-order valence-corrected chi connectivity index (χ0v) is 7.65. The fourth-order valence-corrected chi connectivity index (χ4v) is 1.34. The van der Waals surface area contributed by atoms with E-state index in [0.717, 1.165) is 24.9 Å². The standard InChI is InChI=1S/C8H14O2S/c1-2-11-8(10)6-4-3-5-7-9/h7H,2-6H2,1H3. The van der Waals surface area contributed by atoms with Crippen LogP contribution in [0.25, 0.3) is 0 Å². The first kappa shape index (κ1) is 10.7. The fraction of sp³-hybridized carbons (Fsp3) is 0.750. The van der Waals surface area contributed by atoms with Crippen molar-refractivity contribution < 1.29 is 9.59 Å². The first-order valence-electron chi connectivity index (χ1n) is 3.90. The van der Waals surface area contributed by atoms with Crippen molar-refractivity contribution >= 4 is 23.2 Å². The smallest absolute Gasteiger partial charge is 0.188 e. The molecule has 0 aliphatic rings. The molecule has 0 bridgehead atoms. The van der Waals surface area contributed by atoms with Gasteiger partial charge in [0.15, 0.2) is 5.12 Å². The van der Waals surface area contributed by atoms with Crippen LogP contribution >= 0.6 is 11.8 Å². The lowest BCUT2D eigenvalue weighted by atomic mass is 10.2. The van der Waals surface area contributed by atoms with Crippen LogP contribution in [0, 0.1) is 0 Å². The molecule has 0 radical (unpaired) electrons. The summed E-state index contributed by atoms with van der Waals surface area (Å²) < 4.78 is 0. The van der Waals surface area contributed by atoms with Gasteiger partial charge >= 0.3 is 0 Å². The lowest BCUT2D eigenvalue weighted by Crippen LogP contribution is -1.91. The van der Waals surface area contributed by atoms with Gasteiger partial charge in [-0.3, -0.25) is 4.79 Å². The van der Waals surface area contributed by atoms with Gasteiger partial charge in [0.2, 0.25) is 0 Å². The van der Waals surface area contributed by atoms with Gasteiger partial charge in [0.25, 0.3) is 0 Å². The SMILES string of the molecule is CCSC(=O)CCCCC=O. The molecule has 64 valence electrons. The lowest BCUT2D eigenvalue weighted by molar-refractivity contribution is -0.111. The molecule has 0 saturated carbocycles. The minimum atomic E-state index is 0.249. The molecule has 0 heterocycles. The molecule has 0 aliphatic carbocycles. The molecule has 0 aromatic carbocycles. The molecule has 3 heteroatoms. The molecule has 11 heavy (non-hydrogen) atoms. The van der Waals surface area contributed by atoms with Crippen LogP contribution in [0.5, 0.6) is 0 Å². The van der Waals surface area contributed by atoms with Crippen molar-refractivity contribution in [2.24, 2.45) is 0 Å². The third-order valence-corrected chi connectivity index (χ3v) is 2.07. The summed E-state index contributed by atoms with van der Waals surface area (Å²) in [6.07, 6.45) is 3.80. The monoisotopic (exact) mass is 174 g/mol. The highest BCUT2D eigenvalue weighted by Gasteiger charge is 1.99. The van der Waals surface area contributed by atoms with Crippen molar-refractivity contribution in [2.45, 2.75) is 32.6 Å². The Labute approximate surface area is 71.7 Å². The predicted octanol–water partition coefficient (Wildman–Crippen LogP) is 2.03. The zero-order chi connectivity index (χ0) is 8.53. The Hall–Kier alpha value is -0.310. The van der Waals surface area contributed by atoms with Gasteiger partial charge in [-0.25, -0.2) is 0 Å². The number of aldehydes is 1. The maximum absolute atomic E-state index is 10.9. The number of rotatable bonds is 6. The largest absolute Gasteiger partial charge is 0.303 e. The molecular formula is C8H14O2S. The van der Waals surface area contributed by atoms with Crippen molar-refractivity contribution in [1.29, 1.82) is 0 Å². The highest BCUT2D eigenvalue weighted by atomic mass is 32.2. The highest BCUT2D eigenvalue weighted by molar-refractivity contribution is 8.13. The third kappa shape index (κ3) is 7.59. The molecule has 2 nitrogen and oxygen atoms in total. The summed E-state index contributed by atoms with van der Waals surface area (Å²) in [5, 5.41) is 0.249. The maximum atomic E-state index is 10.9. The van der Waals surface area contributed by atoms with Crippen LogP contribution in [-0.2, 0) is 9.59 Å². The number of hydrogen-bond donors (Lipinski definition) is 0. The highest BCUT2D eigenvalue weighted by Crippen LogP contribution is 2.08.